The Kier molecular flexibility index (Phi) is 7.89. The maximum Gasteiger partial charge on any atom is 0.322 e. The molecule has 30 heavy (non-hydrogen) atoms. The van der Waals surface area contributed by atoms with Crippen molar-refractivity contribution in [3.8, 4) is 10.6 Å². The van der Waals surface area contributed by atoms with Crippen LogP contribution in [0.1, 0.15) is 34.1 Å². The van der Waals surface area contributed by atoms with Crippen LogP contribution >= 0.6 is 11.3 Å². The third kappa shape index (κ3) is 5.53. The van der Waals surface area contributed by atoms with Crippen LogP contribution in [0.5, 0.6) is 0 Å². The predicted octanol–water partition coefficient (Wildman–Crippen LogP) is 4.84. The first-order valence-electron chi connectivity index (χ1n) is 9.49. The zero-order valence-electron chi connectivity index (χ0n) is 16.6. The molecule has 1 saturated heterocycles. The van der Waals surface area contributed by atoms with Crippen molar-refractivity contribution in [1.29, 1.82) is 0 Å². The molecule has 3 amide bonds. The number of nitrogens with one attached hydrogen (secondary N) is 1. The van der Waals surface area contributed by atoms with Crippen LogP contribution in [0, 0.1) is 17.6 Å². The molecule has 1 aromatic carbocycles. The fraction of sp³-hybridized carbons (Fsp3) is 0.476. The topological polar surface area (TPSA) is 65.5 Å². The largest absolute Gasteiger partial charge is 0.342 e. The minimum absolute atomic E-state index is 0. The molecule has 0 spiro atoms. The fourth-order valence-electron chi connectivity index (χ4n) is 3.34. The highest BCUT2D eigenvalue weighted by molar-refractivity contribution is 7.19. The standard InChI is InChI=1S/C20H24F2N4O2S.CH4/c1-12(2)19(27)26-6-4-16(5-7-26)25(3)20(28)24-17-11-23-18(29-17)13-8-14(21)10-15(22)9-13;/h8-12,16H,4-7H2,1-3H3,(H,24,28);1H4. The number of thiazole rings is 1. The number of carbonyl (C=O) groups excluding carboxylic acids is 2. The Bertz CT molecular complexity index is 875. The first-order chi connectivity index (χ1) is 13.7. The van der Waals surface area contributed by atoms with Crippen molar-refractivity contribution in [2.75, 3.05) is 25.5 Å². The molecular formula is C21H28F2N4O2S. The van der Waals surface area contributed by atoms with Crippen LogP contribution in [-0.4, -0.2) is 52.9 Å². The summed E-state index contributed by atoms with van der Waals surface area (Å²) in [6, 6.07) is 2.96. The number of rotatable bonds is 4. The molecule has 164 valence electrons. The van der Waals surface area contributed by atoms with Crippen LogP contribution in [0.3, 0.4) is 0 Å². The Morgan fingerprint density at radius 2 is 1.80 bits per heavy atom. The summed E-state index contributed by atoms with van der Waals surface area (Å²) < 4.78 is 26.8. The van der Waals surface area contributed by atoms with Gasteiger partial charge >= 0.3 is 6.03 Å². The summed E-state index contributed by atoms with van der Waals surface area (Å²) >= 11 is 1.15. The number of anilines is 1. The van der Waals surface area contributed by atoms with Gasteiger partial charge in [-0.1, -0.05) is 32.6 Å². The second kappa shape index (κ2) is 9.97. The average Bonchev–Trinajstić information content (AvgIpc) is 3.14. The van der Waals surface area contributed by atoms with Gasteiger partial charge in [0.15, 0.2) is 0 Å². The van der Waals surface area contributed by atoms with Crippen LogP contribution in [0.4, 0.5) is 18.6 Å². The molecule has 6 nitrogen and oxygen atoms in total. The molecule has 3 rings (SSSR count). The Hall–Kier alpha value is -2.55. The maximum atomic E-state index is 13.4. The minimum atomic E-state index is -0.678. The van der Waals surface area contributed by atoms with Gasteiger partial charge < -0.3 is 9.80 Å². The van der Waals surface area contributed by atoms with Crippen molar-refractivity contribution >= 4 is 28.3 Å². The van der Waals surface area contributed by atoms with Crippen LogP contribution in [0.15, 0.2) is 24.4 Å². The van der Waals surface area contributed by atoms with E-state index in [2.05, 4.69) is 10.3 Å². The van der Waals surface area contributed by atoms with Crippen LogP contribution in [0.25, 0.3) is 10.6 Å². The van der Waals surface area contributed by atoms with E-state index in [0.29, 0.717) is 28.7 Å². The number of likely N-dealkylation sites (tertiary alicyclic amines) is 1. The SMILES string of the molecule is C.CC(C)C(=O)N1CCC(N(C)C(=O)Nc2cnc(-c3cc(F)cc(F)c3)s2)CC1. The van der Waals surface area contributed by atoms with Gasteiger partial charge in [0.05, 0.1) is 6.20 Å². The van der Waals surface area contributed by atoms with E-state index in [-0.39, 0.29) is 31.3 Å². The zero-order valence-corrected chi connectivity index (χ0v) is 17.4. The van der Waals surface area contributed by atoms with Crippen molar-refractivity contribution in [2.24, 2.45) is 5.92 Å². The summed E-state index contributed by atoms with van der Waals surface area (Å²) in [6.07, 6.45) is 2.91. The average molecular weight is 439 g/mol. The van der Waals surface area contributed by atoms with Crippen molar-refractivity contribution in [3.05, 3.63) is 36.0 Å². The molecule has 0 radical (unpaired) electrons. The number of carbonyl (C=O) groups is 2. The first-order valence-corrected chi connectivity index (χ1v) is 10.3. The molecule has 9 heteroatoms. The van der Waals surface area contributed by atoms with Crippen LogP contribution < -0.4 is 5.32 Å². The molecule has 2 heterocycles. The van der Waals surface area contributed by atoms with Gasteiger partial charge in [0.1, 0.15) is 21.6 Å². The van der Waals surface area contributed by atoms with E-state index in [1.807, 2.05) is 18.7 Å². The summed E-state index contributed by atoms with van der Waals surface area (Å²) in [4.78, 5) is 32.3. The zero-order chi connectivity index (χ0) is 21.1. The minimum Gasteiger partial charge on any atom is -0.342 e. The number of amides is 3. The number of nitrogens with zero attached hydrogens (tertiary/aromatic N) is 3. The van der Waals surface area contributed by atoms with Gasteiger partial charge in [-0.25, -0.2) is 18.6 Å². The van der Waals surface area contributed by atoms with Gasteiger partial charge in [-0.2, -0.15) is 0 Å². The lowest BCUT2D eigenvalue weighted by Crippen LogP contribution is -2.49. The molecule has 0 atom stereocenters. The monoisotopic (exact) mass is 438 g/mol. The molecule has 1 N–H and O–H groups in total. The van der Waals surface area contributed by atoms with Crippen molar-refractivity contribution in [3.63, 3.8) is 0 Å². The van der Waals surface area contributed by atoms with E-state index >= 15 is 0 Å². The number of aromatic nitrogens is 1. The highest BCUT2D eigenvalue weighted by Crippen LogP contribution is 2.30. The highest BCUT2D eigenvalue weighted by Gasteiger charge is 2.28. The van der Waals surface area contributed by atoms with Gasteiger partial charge in [-0.05, 0) is 25.0 Å². The third-order valence-corrected chi connectivity index (χ3v) is 5.95. The van der Waals surface area contributed by atoms with Gasteiger partial charge in [-0.3, -0.25) is 10.1 Å². The van der Waals surface area contributed by atoms with Crippen LogP contribution in [-0.2, 0) is 4.79 Å². The van der Waals surface area contributed by atoms with Crippen LogP contribution in [0.2, 0.25) is 0 Å². The number of piperidine rings is 1. The summed E-state index contributed by atoms with van der Waals surface area (Å²) in [7, 11) is 1.73. The molecule has 1 aliphatic rings. The van der Waals surface area contributed by atoms with Gasteiger partial charge in [0.2, 0.25) is 5.91 Å². The summed E-state index contributed by atoms with van der Waals surface area (Å²) in [5.41, 5.74) is 0.323. The lowest BCUT2D eigenvalue weighted by Gasteiger charge is -2.37. The summed E-state index contributed by atoms with van der Waals surface area (Å²) in [6.45, 7) is 5.04. The van der Waals surface area contributed by atoms with Gasteiger partial charge in [0.25, 0.3) is 0 Å². The lowest BCUT2D eigenvalue weighted by atomic mass is 10.0. The smallest absolute Gasteiger partial charge is 0.322 e. The van der Waals surface area contributed by atoms with E-state index in [1.54, 1.807) is 11.9 Å². The second-order valence-electron chi connectivity index (χ2n) is 7.44. The fourth-order valence-corrected chi connectivity index (χ4v) is 4.13. The number of urea groups is 1. The summed E-state index contributed by atoms with van der Waals surface area (Å²) in [5.74, 6) is -1.24. The number of benzene rings is 1. The quantitative estimate of drug-likeness (QED) is 0.743. The van der Waals surface area contributed by atoms with Gasteiger partial charge in [-0.15, -0.1) is 0 Å². The molecule has 2 aromatic rings. The molecule has 0 saturated carbocycles. The van der Waals surface area contributed by atoms with Gasteiger partial charge in [0, 0.05) is 43.7 Å². The number of hydrogen-bond acceptors (Lipinski definition) is 4. The van der Waals surface area contributed by atoms with E-state index in [4.69, 9.17) is 0 Å². The number of hydrogen-bond donors (Lipinski definition) is 1. The Morgan fingerprint density at radius 3 is 2.37 bits per heavy atom. The number of halogens is 2. The lowest BCUT2D eigenvalue weighted by molar-refractivity contribution is -0.135. The molecule has 0 unspecified atom stereocenters. The Labute approximate surface area is 179 Å². The summed E-state index contributed by atoms with van der Waals surface area (Å²) in [5, 5.41) is 3.70. The molecule has 1 fully saturated rings. The van der Waals surface area contributed by atoms with E-state index in [9.17, 15) is 18.4 Å². The molecule has 0 aliphatic carbocycles. The molecule has 0 bridgehead atoms. The van der Waals surface area contributed by atoms with E-state index in [1.165, 1.54) is 18.3 Å². The Balaban J connectivity index is 0.00000320. The molecular weight excluding hydrogens is 410 g/mol. The highest BCUT2D eigenvalue weighted by atomic mass is 32.1. The predicted molar refractivity (Wildman–Crippen MR) is 115 cm³/mol. The Morgan fingerprint density at radius 1 is 1.20 bits per heavy atom. The molecule has 1 aromatic heterocycles. The van der Waals surface area contributed by atoms with E-state index < -0.39 is 11.6 Å². The maximum absolute atomic E-state index is 13.4. The third-order valence-electron chi connectivity index (χ3n) is 4.98. The molecule has 1 aliphatic heterocycles. The van der Waals surface area contributed by atoms with E-state index in [0.717, 1.165) is 30.2 Å². The second-order valence-corrected chi connectivity index (χ2v) is 8.47. The first kappa shape index (κ1) is 23.7. The normalized spacial score (nSPS) is 14.4. The van der Waals surface area contributed by atoms with Crippen molar-refractivity contribution < 1.29 is 18.4 Å². The van der Waals surface area contributed by atoms with Crippen molar-refractivity contribution in [2.45, 2.75) is 40.2 Å². The van der Waals surface area contributed by atoms with Crippen molar-refractivity contribution in [1.82, 2.24) is 14.8 Å².